The molecule has 1 unspecified atom stereocenters. The molecule has 1 saturated carbocycles. The van der Waals surface area contributed by atoms with E-state index in [4.69, 9.17) is 4.43 Å². The zero-order chi connectivity index (χ0) is 18.0. The van der Waals surface area contributed by atoms with Gasteiger partial charge >= 0.3 is 6.18 Å². The van der Waals surface area contributed by atoms with Crippen LogP contribution in [0, 0.1) is 17.2 Å². The van der Waals surface area contributed by atoms with E-state index in [2.05, 4.69) is 6.07 Å². The summed E-state index contributed by atoms with van der Waals surface area (Å²) in [6, 6.07) is 7.29. The van der Waals surface area contributed by atoms with Crippen molar-refractivity contribution in [2.45, 2.75) is 63.5 Å². The van der Waals surface area contributed by atoms with E-state index in [1.165, 1.54) is 12.1 Å². The first-order valence-corrected chi connectivity index (χ1v) is 11.8. The molecule has 1 aliphatic rings. The highest BCUT2D eigenvalue weighted by atomic mass is 28.4. The van der Waals surface area contributed by atoms with E-state index in [-0.39, 0.29) is 5.92 Å². The van der Waals surface area contributed by atoms with Crippen LogP contribution in [-0.4, -0.2) is 8.32 Å². The van der Waals surface area contributed by atoms with Crippen LogP contribution in [0.5, 0.6) is 0 Å². The van der Waals surface area contributed by atoms with Crippen LogP contribution >= 0.6 is 0 Å². The predicted octanol–water partition coefficient (Wildman–Crippen LogP) is 5.86. The third-order valence-corrected chi connectivity index (χ3v) is 5.39. The minimum Gasteiger partial charge on any atom is -0.396 e. The molecule has 1 aromatic carbocycles. The van der Waals surface area contributed by atoms with Gasteiger partial charge in [0.05, 0.1) is 5.56 Å². The van der Waals surface area contributed by atoms with Gasteiger partial charge in [0, 0.05) is 5.92 Å². The lowest BCUT2D eigenvalue weighted by molar-refractivity contribution is -0.137. The average molecular weight is 355 g/mol. The van der Waals surface area contributed by atoms with E-state index in [0.717, 1.165) is 44.2 Å². The Kier molecular flexibility index (Phi) is 5.46. The topological polar surface area (TPSA) is 33.0 Å². The normalized spacial score (nSPS) is 19.5. The largest absolute Gasteiger partial charge is 0.416 e. The van der Waals surface area contributed by atoms with Crippen molar-refractivity contribution in [1.82, 2.24) is 0 Å². The maximum atomic E-state index is 12.8. The summed E-state index contributed by atoms with van der Waals surface area (Å²) >= 11 is 0. The van der Waals surface area contributed by atoms with Gasteiger partial charge in [-0.25, -0.2) is 0 Å². The Balaban J connectivity index is 2.46. The number of halogens is 3. The Morgan fingerprint density at radius 2 is 1.50 bits per heavy atom. The van der Waals surface area contributed by atoms with Crippen LogP contribution < -0.4 is 0 Å². The molecule has 1 aromatic rings. The second-order valence-corrected chi connectivity index (χ2v) is 11.9. The van der Waals surface area contributed by atoms with Crippen LogP contribution in [0.15, 0.2) is 24.3 Å². The number of nitrogens with zero attached hydrogens (tertiary/aromatic N) is 1. The number of rotatable bonds is 4. The Hall–Kier alpha value is -1.32. The highest BCUT2D eigenvalue weighted by Crippen LogP contribution is 2.44. The summed E-state index contributed by atoms with van der Waals surface area (Å²) in [6.45, 7) is 6.02. The van der Waals surface area contributed by atoms with E-state index in [1.54, 1.807) is 0 Å². The fraction of sp³-hybridized carbons (Fsp3) is 0.611. The Bertz CT molecular complexity index is 595. The van der Waals surface area contributed by atoms with Crippen LogP contribution in [0.4, 0.5) is 13.2 Å². The number of benzene rings is 1. The molecule has 1 aliphatic carbocycles. The summed E-state index contributed by atoms with van der Waals surface area (Å²) in [7, 11) is -2.08. The molecule has 6 heteroatoms. The van der Waals surface area contributed by atoms with Crippen molar-refractivity contribution in [3.8, 4) is 6.07 Å². The molecular weight excluding hydrogens is 331 g/mol. The lowest BCUT2D eigenvalue weighted by Crippen LogP contribution is -2.45. The second-order valence-electron chi connectivity index (χ2n) is 7.47. The zero-order valence-corrected chi connectivity index (χ0v) is 15.4. The SMILES string of the molecule is C[Si](C)(C)OC(C#N)(c1ccc(C(F)(F)F)cc1)C1CCCCC1. The number of nitriles is 1. The van der Waals surface area contributed by atoms with Gasteiger partial charge in [-0.2, -0.15) is 18.4 Å². The lowest BCUT2D eigenvalue weighted by Gasteiger charge is -2.41. The van der Waals surface area contributed by atoms with Crippen LogP contribution in [0.1, 0.15) is 43.2 Å². The zero-order valence-electron chi connectivity index (χ0n) is 14.4. The van der Waals surface area contributed by atoms with E-state index < -0.39 is 25.7 Å². The lowest BCUT2D eigenvalue weighted by atomic mass is 9.74. The molecule has 0 radical (unpaired) electrons. The standard InChI is InChI=1S/C18H24F3NOSi/c1-24(2,3)23-17(13-22,14-7-5-4-6-8-14)15-9-11-16(12-10-15)18(19,20)21/h9-12,14H,4-8H2,1-3H3. The minimum absolute atomic E-state index is 0.0275. The van der Waals surface area contributed by atoms with Crippen molar-refractivity contribution in [2.24, 2.45) is 5.92 Å². The molecule has 2 nitrogen and oxygen atoms in total. The van der Waals surface area contributed by atoms with Crippen molar-refractivity contribution < 1.29 is 17.6 Å². The van der Waals surface area contributed by atoms with Gasteiger partial charge in [-0.1, -0.05) is 31.4 Å². The van der Waals surface area contributed by atoms with E-state index in [1.807, 2.05) is 19.6 Å². The minimum atomic E-state index is -4.38. The van der Waals surface area contributed by atoms with Crippen molar-refractivity contribution >= 4 is 8.32 Å². The van der Waals surface area contributed by atoms with Crippen LogP contribution in [-0.2, 0) is 16.2 Å². The van der Waals surface area contributed by atoms with Crippen LogP contribution in [0.25, 0.3) is 0 Å². The van der Waals surface area contributed by atoms with Gasteiger partial charge in [0.15, 0.2) is 13.9 Å². The van der Waals surface area contributed by atoms with Crippen molar-refractivity contribution in [1.29, 1.82) is 5.26 Å². The molecule has 0 amide bonds. The van der Waals surface area contributed by atoms with Gasteiger partial charge < -0.3 is 4.43 Å². The van der Waals surface area contributed by atoms with Gasteiger partial charge in [0.25, 0.3) is 0 Å². The van der Waals surface area contributed by atoms with Crippen molar-refractivity contribution in [3.05, 3.63) is 35.4 Å². The molecule has 0 saturated heterocycles. The number of hydrogen-bond donors (Lipinski definition) is 0. The monoisotopic (exact) mass is 355 g/mol. The maximum Gasteiger partial charge on any atom is 0.416 e. The fourth-order valence-corrected chi connectivity index (χ4v) is 4.75. The Morgan fingerprint density at radius 3 is 1.92 bits per heavy atom. The molecule has 0 aromatic heterocycles. The van der Waals surface area contributed by atoms with E-state index in [9.17, 15) is 18.4 Å². The van der Waals surface area contributed by atoms with Gasteiger partial charge in [0.1, 0.15) is 6.07 Å². The van der Waals surface area contributed by atoms with Gasteiger partial charge in [-0.3, -0.25) is 0 Å². The third kappa shape index (κ3) is 4.20. The summed E-state index contributed by atoms with van der Waals surface area (Å²) in [6.07, 6.45) is 0.571. The first-order chi connectivity index (χ1) is 11.1. The maximum absolute atomic E-state index is 12.8. The molecule has 1 fully saturated rings. The van der Waals surface area contributed by atoms with Gasteiger partial charge in [-0.05, 0) is 50.2 Å². The second kappa shape index (κ2) is 6.89. The number of alkyl halides is 3. The molecule has 0 bridgehead atoms. The summed E-state index contributed by atoms with van der Waals surface area (Å²) in [5.41, 5.74) is -1.29. The van der Waals surface area contributed by atoms with E-state index in [0.29, 0.717) is 5.56 Å². The summed E-state index contributed by atoms with van der Waals surface area (Å²) in [4.78, 5) is 0. The fourth-order valence-electron chi connectivity index (χ4n) is 3.46. The summed E-state index contributed by atoms with van der Waals surface area (Å²) in [5.74, 6) is 0.0275. The Labute approximate surface area is 142 Å². The molecule has 2 rings (SSSR count). The van der Waals surface area contributed by atoms with Crippen LogP contribution in [0.3, 0.4) is 0 Å². The van der Waals surface area contributed by atoms with Crippen molar-refractivity contribution in [3.63, 3.8) is 0 Å². The molecule has 1 atom stereocenters. The highest BCUT2D eigenvalue weighted by molar-refractivity contribution is 6.69. The Morgan fingerprint density at radius 1 is 1.00 bits per heavy atom. The summed E-state index contributed by atoms with van der Waals surface area (Å²) < 4.78 is 44.8. The molecule has 24 heavy (non-hydrogen) atoms. The highest BCUT2D eigenvalue weighted by Gasteiger charge is 2.45. The predicted molar refractivity (Wildman–Crippen MR) is 89.7 cm³/mol. The molecule has 132 valence electrons. The van der Waals surface area contributed by atoms with Crippen LogP contribution in [0.2, 0.25) is 19.6 Å². The average Bonchev–Trinajstić information content (AvgIpc) is 2.52. The summed E-state index contributed by atoms with van der Waals surface area (Å²) in [5, 5.41) is 10.00. The van der Waals surface area contributed by atoms with Gasteiger partial charge in [-0.15, -0.1) is 0 Å². The third-order valence-electron chi connectivity index (χ3n) is 4.45. The first-order valence-electron chi connectivity index (χ1n) is 8.38. The van der Waals surface area contributed by atoms with E-state index >= 15 is 0 Å². The first kappa shape index (κ1) is 19.0. The van der Waals surface area contributed by atoms with Crippen molar-refractivity contribution in [2.75, 3.05) is 0 Å². The number of hydrogen-bond acceptors (Lipinski definition) is 2. The molecule has 0 spiro atoms. The smallest absolute Gasteiger partial charge is 0.396 e. The molecule has 0 N–H and O–H groups in total. The molecule has 0 aliphatic heterocycles. The quantitative estimate of drug-likeness (QED) is 0.634. The molecular formula is C18H24F3NOSi. The molecule has 0 heterocycles. The van der Waals surface area contributed by atoms with Gasteiger partial charge in [0.2, 0.25) is 0 Å².